The molecular weight excluding hydrogens is 278 g/mol. The van der Waals surface area contributed by atoms with E-state index in [4.69, 9.17) is 0 Å². The number of carbonyl (C=O) groups is 2. The van der Waals surface area contributed by atoms with Crippen LogP contribution in [-0.2, 0) is 9.59 Å². The molecule has 1 saturated carbocycles. The molecule has 3 rings (SSSR count). The van der Waals surface area contributed by atoms with Crippen molar-refractivity contribution in [2.24, 2.45) is 5.92 Å². The minimum absolute atomic E-state index is 0.0485. The zero-order valence-electron chi connectivity index (χ0n) is 12.4. The fourth-order valence-electron chi connectivity index (χ4n) is 3.68. The first-order valence-corrected chi connectivity index (χ1v) is 7.79. The largest absolute Gasteiger partial charge is 0.480 e. The molecule has 2 fully saturated rings. The van der Waals surface area contributed by atoms with Crippen LogP contribution in [0, 0.1) is 17.8 Å². The van der Waals surface area contributed by atoms with Gasteiger partial charge >= 0.3 is 5.97 Å². The Morgan fingerprint density at radius 1 is 1.14 bits per heavy atom. The standard InChI is InChI=1S/C18H19NO3/c20-17(11-10-13-6-2-1-3-7-13)19-15-9-5-4-8-14(15)12-16(19)18(21)22/h1-3,6-7,14-16H,4-5,8-9,12H2,(H,21,22). The van der Waals surface area contributed by atoms with Crippen molar-refractivity contribution in [3.05, 3.63) is 35.9 Å². The van der Waals surface area contributed by atoms with E-state index >= 15 is 0 Å². The van der Waals surface area contributed by atoms with Crippen molar-refractivity contribution in [2.45, 2.75) is 44.2 Å². The van der Waals surface area contributed by atoms with Crippen LogP contribution in [0.15, 0.2) is 30.3 Å². The first-order valence-electron chi connectivity index (χ1n) is 7.79. The molecule has 1 N–H and O–H groups in total. The summed E-state index contributed by atoms with van der Waals surface area (Å²) >= 11 is 0. The van der Waals surface area contributed by atoms with Crippen LogP contribution < -0.4 is 0 Å². The maximum absolute atomic E-state index is 12.5. The third-order valence-electron chi connectivity index (χ3n) is 4.70. The van der Waals surface area contributed by atoms with Crippen LogP contribution >= 0.6 is 0 Å². The zero-order chi connectivity index (χ0) is 15.5. The van der Waals surface area contributed by atoms with Gasteiger partial charge in [0.1, 0.15) is 6.04 Å². The van der Waals surface area contributed by atoms with E-state index in [9.17, 15) is 14.7 Å². The Hall–Kier alpha value is -2.28. The second kappa shape index (κ2) is 6.23. The highest BCUT2D eigenvalue weighted by atomic mass is 16.4. The van der Waals surface area contributed by atoms with Gasteiger partial charge in [-0.25, -0.2) is 4.79 Å². The van der Waals surface area contributed by atoms with Gasteiger partial charge in [0.05, 0.1) is 0 Å². The summed E-state index contributed by atoms with van der Waals surface area (Å²) in [6.45, 7) is 0. The van der Waals surface area contributed by atoms with Gasteiger partial charge in [0.15, 0.2) is 0 Å². The molecule has 0 spiro atoms. The molecule has 4 heteroatoms. The van der Waals surface area contributed by atoms with Crippen molar-refractivity contribution in [1.82, 2.24) is 4.90 Å². The third-order valence-corrected chi connectivity index (χ3v) is 4.70. The van der Waals surface area contributed by atoms with Gasteiger partial charge in [-0.3, -0.25) is 4.79 Å². The quantitative estimate of drug-likeness (QED) is 0.809. The van der Waals surface area contributed by atoms with Crippen LogP contribution in [0.3, 0.4) is 0 Å². The van der Waals surface area contributed by atoms with Gasteiger partial charge in [-0.05, 0) is 37.3 Å². The Morgan fingerprint density at radius 2 is 1.86 bits per heavy atom. The lowest BCUT2D eigenvalue weighted by molar-refractivity contribution is -0.147. The summed E-state index contributed by atoms with van der Waals surface area (Å²) in [6.07, 6.45) is 4.67. The smallest absolute Gasteiger partial charge is 0.326 e. The van der Waals surface area contributed by atoms with Gasteiger partial charge < -0.3 is 10.0 Å². The molecule has 1 aliphatic carbocycles. The van der Waals surface area contributed by atoms with Gasteiger partial charge in [0, 0.05) is 17.5 Å². The van der Waals surface area contributed by atoms with E-state index in [-0.39, 0.29) is 11.9 Å². The number of likely N-dealkylation sites (tertiary alicyclic amines) is 1. The number of carboxylic acid groups (broad SMARTS) is 1. The second-order valence-electron chi connectivity index (χ2n) is 6.03. The average molecular weight is 297 g/mol. The molecule has 1 aliphatic heterocycles. The summed E-state index contributed by atoms with van der Waals surface area (Å²) < 4.78 is 0. The van der Waals surface area contributed by atoms with Crippen molar-refractivity contribution >= 4 is 11.9 Å². The third kappa shape index (κ3) is 2.85. The first kappa shape index (κ1) is 14.6. The van der Waals surface area contributed by atoms with Crippen molar-refractivity contribution < 1.29 is 14.7 Å². The van der Waals surface area contributed by atoms with Crippen LogP contribution in [0.1, 0.15) is 37.7 Å². The molecule has 22 heavy (non-hydrogen) atoms. The molecule has 1 aromatic carbocycles. The molecule has 1 amide bonds. The van der Waals surface area contributed by atoms with E-state index in [0.29, 0.717) is 12.3 Å². The van der Waals surface area contributed by atoms with Crippen LogP contribution in [0.4, 0.5) is 0 Å². The number of rotatable bonds is 1. The van der Waals surface area contributed by atoms with Gasteiger partial charge in [-0.2, -0.15) is 0 Å². The summed E-state index contributed by atoms with van der Waals surface area (Å²) in [4.78, 5) is 25.5. The van der Waals surface area contributed by atoms with E-state index < -0.39 is 12.0 Å². The summed E-state index contributed by atoms with van der Waals surface area (Å²) in [5.74, 6) is 4.52. The lowest BCUT2D eigenvalue weighted by Gasteiger charge is -2.31. The molecule has 0 radical (unpaired) electrons. The molecule has 0 aromatic heterocycles. The van der Waals surface area contributed by atoms with Gasteiger partial charge in [-0.1, -0.05) is 37.0 Å². The SMILES string of the molecule is O=C(O)C1CC2CCCCC2N1C(=O)C#Cc1ccccc1. The number of carboxylic acids is 1. The Bertz CT molecular complexity index is 629. The second-order valence-corrected chi connectivity index (χ2v) is 6.03. The van der Waals surface area contributed by atoms with Gasteiger partial charge in [-0.15, -0.1) is 0 Å². The van der Waals surface area contributed by atoms with Crippen molar-refractivity contribution in [3.8, 4) is 11.8 Å². The number of carbonyl (C=O) groups excluding carboxylic acids is 1. The summed E-state index contributed by atoms with van der Waals surface area (Å²) in [5, 5.41) is 9.42. The van der Waals surface area contributed by atoms with Gasteiger partial charge in [0.2, 0.25) is 0 Å². The molecule has 2 aliphatic rings. The lowest BCUT2D eigenvalue weighted by atomic mass is 9.85. The Balaban J connectivity index is 1.82. The number of hydrogen-bond acceptors (Lipinski definition) is 2. The molecule has 1 aromatic rings. The molecule has 1 saturated heterocycles. The molecule has 0 bridgehead atoms. The van der Waals surface area contributed by atoms with E-state index in [1.165, 1.54) is 4.90 Å². The van der Waals surface area contributed by atoms with E-state index in [1.807, 2.05) is 30.3 Å². The van der Waals surface area contributed by atoms with Gasteiger partial charge in [0.25, 0.3) is 5.91 Å². The monoisotopic (exact) mass is 297 g/mol. The fourth-order valence-corrected chi connectivity index (χ4v) is 3.68. The zero-order valence-corrected chi connectivity index (χ0v) is 12.4. The topological polar surface area (TPSA) is 57.6 Å². The van der Waals surface area contributed by atoms with Crippen molar-refractivity contribution in [2.75, 3.05) is 0 Å². The summed E-state index contributed by atoms with van der Waals surface area (Å²) in [7, 11) is 0. The average Bonchev–Trinajstić information content (AvgIpc) is 2.93. The predicted molar refractivity (Wildman–Crippen MR) is 82.0 cm³/mol. The Labute approximate surface area is 130 Å². The molecule has 114 valence electrons. The van der Waals surface area contributed by atoms with E-state index in [0.717, 1.165) is 31.2 Å². The molecule has 3 unspecified atom stereocenters. The van der Waals surface area contributed by atoms with Crippen LogP contribution in [0.2, 0.25) is 0 Å². The molecule has 3 atom stereocenters. The Kier molecular flexibility index (Phi) is 4.15. The number of fused-ring (bicyclic) bond motifs is 1. The fraction of sp³-hybridized carbons (Fsp3) is 0.444. The van der Waals surface area contributed by atoms with E-state index in [1.54, 1.807) is 0 Å². The van der Waals surface area contributed by atoms with Crippen molar-refractivity contribution in [1.29, 1.82) is 0 Å². The maximum atomic E-state index is 12.5. The summed E-state index contributed by atoms with van der Waals surface area (Å²) in [6, 6.07) is 8.62. The predicted octanol–water partition coefficient (Wildman–Crippen LogP) is 2.28. The minimum Gasteiger partial charge on any atom is -0.480 e. The Morgan fingerprint density at radius 3 is 2.59 bits per heavy atom. The van der Waals surface area contributed by atoms with Crippen molar-refractivity contribution in [3.63, 3.8) is 0 Å². The highest BCUT2D eigenvalue weighted by Gasteiger charge is 2.47. The highest BCUT2D eigenvalue weighted by Crippen LogP contribution is 2.39. The van der Waals surface area contributed by atoms with E-state index in [2.05, 4.69) is 11.8 Å². The normalized spacial score (nSPS) is 26.7. The molecule has 4 nitrogen and oxygen atoms in total. The minimum atomic E-state index is -0.913. The number of nitrogens with zero attached hydrogens (tertiary/aromatic N) is 1. The molecular formula is C18H19NO3. The van der Waals surface area contributed by atoms with Crippen LogP contribution in [-0.4, -0.2) is 34.0 Å². The maximum Gasteiger partial charge on any atom is 0.326 e. The number of hydrogen-bond donors (Lipinski definition) is 1. The first-order chi connectivity index (χ1) is 10.7. The van der Waals surface area contributed by atoms with Crippen LogP contribution in [0.25, 0.3) is 0 Å². The summed E-state index contributed by atoms with van der Waals surface area (Å²) in [5.41, 5.74) is 0.766. The highest BCUT2D eigenvalue weighted by molar-refractivity contribution is 5.97. The number of amides is 1. The lowest BCUT2D eigenvalue weighted by Crippen LogP contribution is -2.45. The molecule has 1 heterocycles. The number of aliphatic carboxylic acids is 1. The van der Waals surface area contributed by atoms with Crippen LogP contribution in [0.5, 0.6) is 0 Å². The number of benzene rings is 1.